The van der Waals surface area contributed by atoms with Gasteiger partial charge in [-0.25, -0.2) is 9.67 Å². The van der Waals surface area contributed by atoms with E-state index in [2.05, 4.69) is 20.4 Å². The van der Waals surface area contributed by atoms with Crippen LogP contribution < -0.4 is 10.9 Å². The second kappa shape index (κ2) is 8.31. The molecule has 1 aliphatic rings. The molecule has 0 aliphatic heterocycles. The Morgan fingerprint density at radius 2 is 2.07 bits per heavy atom. The molecule has 0 bridgehead atoms. The number of hydrogen-bond donors (Lipinski definition) is 2. The second-order valence-electron chi connectivity index (χ2n) is 7.23. The zero-order chi connectivity index (χ0) is 18.5. The Morgan fingerprint density at radius 3 is 2.89 bits per heavy atom. The van der Waals surface area contributed by atoms with Crippen LogP contribution in [0.15, 0.2) is 53.8 Å². The summed E-state index contributed by atoms with van der Waals surface area (Å²) in [7, 11) is 0. The highest BCUT2D eigenvalue weighted by Gasteiger charge is 2.13. The van der Waals surface area contributed by atoms with Gasteiger partial charge in [-0.15, -0.1) is 0 Å². The molecule has 3 heterocycles. The lowest BCUT2D eigenvalue weighted by Gasteiger charge is -2.21. The van der Waals surface area contributed by atoms with Crippen LogP contribution >= 0.6 is 0 Å². The molecular formula is C21H25N5O. The predicted octanol–water partition coefficient (Wildman–Crippen LogP) is 3.29. The SMILES string of the molecule is O=c1c(-c2cccnc2)c[nH]n1-c1cc(CNCC2CCCCC2)ccn1. The second-order valence-corrected chi connectivity index (χ2v) is 7.23. The highest BCUT2D eigenvalue weighted by Crippen LogP contribution is 2.22. The molecule has 6 heteroatoms. The van der Waals surface area contributed by atoms with E-state index in [1.807, 2.05) is 24.3 Å². The van der Waals surface area contributed by atoms with E-state index in [0.29, 0.717) is 11.4 Å². The van der Waals surface area contributed by atoms with Gasteiger partial charge < -0.3 is 5.32 Å². The van der Waals surface area contributed by atoms with Gasteiger partial charge in [0, 0.05) is 36.9 Å². The predicted molar refractivity (Wildman–Crippen MR) is 106 cm³/mol. The molecule has 3 aromatic heterocycles. The monoisotopic (exact) mass is 363 g/mol. The van der Waals surface area contributed by atoms with E-state index in [1.54, 1.807) is 24.8 Å². The Hall–Kier alpha value is -2.73. The van der Waals surface area contributed by atoms with Crippen molar-refractivity contribution < 1.29 is 0 Å². The van der Waals surface area contributed by atoms with Crippen molar-refractivity contribution in [1.82, 2.24) is 25.1 Å². The molecule has 27 heavy (non-hydrogen) atoms. The van der Waals surface area contributed by atoms with E-state index in [0.717, 1.165) is 30.1 Å². The van der Waals surface area contributed by atoms with Crippen LogP contribution in [0.2, 0.25) is 0 Å². The maximum Gasteiger partial charge on any atom is 0.280 e. The highest BCUT2D eigenvalue weighted by molar-refractivity contribution is 5.60. The number of hydrogen-bond acceptors (Lipinski definition) is 4. The molecule has 3 aromatic rings. The minimum absolute atomic E-state index is 0.122. The Kier molecular flexibility index (Phi) is 5.44. The fourth-order valence-corrected chi connectivity index (χ4v) is 3.77. The van der Waals surface area contributed by atoms with Gasteiger partial charge in [-0.1, -0.05) is 25.3 Å². The largest absolute Gasteiger partial charge is 0.312 e. The minimum Gasteiger partial charge on any atom is -0.312 e. The van der Waals surface area contributed by atoms with Gasteiger partial charge in [-0.05, 0) is 49.1 Å². The normalized spacial score (nSPS) is 15.1. The van der Waals surface area contributed by atoms with Crippen molar-refractivity contribution in [3.05, 3.63) is 65.0 Å². The highest BCUT2D eigenvalue weighted by atomic mass is 16.1. The van der Waals surface area contributed by atoms with E-state index in [4.69, 9.17) is 0 Å². The summed E-state index contributed by atoms with van der Waals surface area (Å²) in [4.78, 5) is 21.2. The van der Waals surface area contributed by atoms with Gasteiger partial charge in [0.1, 0.15) is 0 Å². The van der Waals surface area contributed by atoms with Gasteiger partial charge in [0.05, 0.1) is 5.56 Å². The molecule has 0 radical (unpaired) electrons. The van der Waals surface area contributed by atoms with Crippen LogP contribution in [-0.2, 0) is 6.54 Å². The smallest absolute Gasteiger partial charge is 0.280 e. The molecular weight excluding hydrogens is 338 g/mol. The summed E-state index contributed by atoms with van der Waals surface area (Å²) in [6, 6.07) is 7.65. The van der Waals surface area contributed by atoms with Crippen molar-refractivity contribution in [2.24, 2.45) is 5.92 Å². The fraction of sp³-hybridized carbons (Fsp3) is 0.381. The third-order valence-corrected chi connectivity index (χ3v) is 5.27. The summed E-state index contributed by atoms with van der Waals surface area (Å²) in [6.45, 7) is 1.85. The van der Waals surface area contributed by atoms with Crippen molar-refractivity contribution in [2.45, 2.75) is 38.6 Å². The Bertz CT molecular complexity index is 925. The molecule has 0 aromatic carbocycles. The number of H-pyrrole nitrogens is 1. The van der Waals surface area contributed by atoms with Crippen molar-refractivity contribution in [2.75, 3.05) is 6.54 Å². The number of pyridine rings is 2. The average molecular weight is 363 g/mol. The lowest BCUT2D eigenvalue weighted by Crippen LogP contribution is -2.24. The number of aromatic amines is 1. The molecule has 2 N–H and O–H groups in total. The van der Waals surface area contributed by atoms with Crippen molar-refractivity contribution >= 4 is 0 Å². The molecule has 0 saturated heterocycles. The maximum atomic E-state index is 12.7. The number of rotatable bonds is 6. The van der Waals surface area contributed by atoms with E-state index in [1.165, 1.54) is 36.8 Å². The van der Waals surface area contributed by atoms with Crippen LogP contribution in [-0.4, -0.2) is 26.3 Å². The number of aromatic nitrogens is 4. The molecule has 1 aliphatic carbocycles. The first-order valence-corrected chi connectivity index (χ1v) is 9.68. The zero-order valence-electron chi connectivity index (χ0n) is 15.4. The summed E-state index contributed by atoms with van der Waals surface area (Å²) in [5.41, 5.74) is 2.39. The van der Waals surface area contributed by atoms with Gasteiger partial charge in [-0.2, -0.15) is 0 Å². The van der Waals surface area contributed by atoms with Gasteiger partial charge in [-0.3, -0.25) is 14.9 Å². The Morgan fingerprint density at radius 1 is 1.19 bits per heavy atom. The summed E-state index contributed by atoms with van der Waals surface area (Å²) in [6.07, 6.45) is 13.6. The van der Waals surface area contributed by atoms with Crippen molar-refractivity contribution in [3.63, 3.8) is 0 Å². The van der Waals surface area contributed by atoms with Gasteiger partial charge in [0.25, 0.3) is 5.56 Å². The topological polar surface area (TPSA) is 75.6 Å². The van der Waals surface area contributed by atoms with Gasteiger partial charge in [0.2, 0.25) is 0 Å². The Balaban J connectivity index is 1.46. The summed E-state index contributed by atoms with van der Waals surface area (Å²) in [5, 5.41) is 6.58. The number of nitrogens with zero attached hydrogens (tertiary/aromatic N) is 3. The van der Waals surface area contributed by atoms with Gasteiger partial charge in [0.15, 0.2) is 5.82 Å². The third-order valence-electron chi connectivity index (χ3n) is 5.27. The Labute approximate surface area is 158 Å². The maximum absolute atomic E-state index is 12.7. The van der Waals surface area contributed by atoms with Crippen LogP contribution in [0.1, 0.15) is 37.7 Å². The minimum atomic E-state index is -0.122. The molecule has 0 unspecified atom stereocenters. The lowest BCUT2D eigenvalue weighted by molar-refractivity contribution is 0.342. The molecule has 0 atom stereocenters. The van der Waals surface area contributed by atoms with Crippen LogP contribution in [0.4, 0.5) is 0 Å². The summed E-state index contributed by atoms with van der Waals surface area (Å²) < 4.78 is 1.48. The number of nitrogens with one attached hydrogen (secondary N) is 2. The first-order chi connectivity index (χ1) is 13.3. The van der Waals surface area contributed by atoms with E-state index < -0.39 is 0 Å². The van der Waals surface area contributed by atoms with E-state index >= 15 is 0 Å². The fourth-order valence-electron chi connectivity index (χ4n) is 3.77. The van der Waals surface area contributed by atoms with E-state index in [9.17, 15) is 4.79 Å². The quantitative estimate of drug-likeness (QED) is 0.705. The van der Waals surface area contributed by atoms with E-state index in [-0.39, 0.29) is 5.56 Å². The average Bonchev–Trinajstić information content (AvgIpc) is 3.11. The van der Waals surface area contributed by atoms with Crippen LogP contribution in [0.5, 0.6) is 0 Å². The standard InChI is InChI=1S/C21H25N5O/c27-21-19(18-7-4-9-22-14-18)15-25-26(21)20-11-17(8-10-24-20)13-23-12-16-5-2-1-3-6-16/h4,7-11,14-16,23,25H,1-3,5-6,12-13H2. The molecule has 1 saturated carbocycles. The lowest BCUT2D eigenvalue weighted by atomic mass is 9.89. The van der Waals surface area contributed by atoms with Crippen LogP contribution in [0, 0.1) is 5.92 Å². The van der Waals surface area contributed by atoms with Crippen LogP contribution in [0.3, 0.4) is 0 Å². The zero-order valence-corrected chi connectivity index (χ0v) is 15.4. The summed E-state index contributed by atoms with van der Waals surface area (Å²) in [5.74, 6) is 1.40. The molecule has 0 amide bonds. The molecule has 6 nitrogen and oxygen atoms in total. The van der Waals surface area contributed by atoms with Crippen molar-refractivity contribution in [3.8, 4) is 16.9 Å². The molecule has 140 valence electrons. The van der Waals surface area contributed by atoms with Crippen molar-refractivity contribution in [1.29, 1.82) is 0 Å². The molecule has 0 spiro atoms. The third kappa shape index (κ3) is 4.17. The van der Waals surface area contributed by atoms with Gasteiger partial charge >= 0.3 is 0 Å². The molecule has 1 fully saturated rings. The molecule has 4 rings (SSSR count). The first kappa shape index (κ1) is 17.7. The van der Waals surface area contributed by atoms with Crippen LogP contribution in [0.25, 0.3) is 16.9 Å². The summed E-state index contributed by atoms with van der Waals surface area (Å²) >= 11 is 0. The first-order valence-electron chi connectivity index (χ1n) is 9.68.